The van der Waals surface area contributed by atoms with E-state index in [2.05, 4.69) is 0 Å². The number of rotatable bonds is 4. The van der Waals surface area contributed by atoms with E-state index in [1.54, 1.807) is 0 Å². The van der Waals surface area contributed by atoms with Gasteiger partial charge in [0.1, 0.15) is 0 Å². The number of hydrogen-bond acceptors (Lipinski definition) is 4. The van der Waals surface area contributed by atoms with Gasteiger partial charge in [0.2, 0.25) is 10.0 Å². The van der Waals surface area contributed by atoms with Crippen LogP contribution in [0.15, 0.2) is 0 Å². The van der Waals surface area contributed by atoms with Gasteiger partial charge in [-0.2, -0.15) is 4.31 Å². The summed E-state index contributed by atoms with van der Waals surface area (Å²) in [6.45, 7) is 3.94. The van der Waals surface area contributed by atoms with Gasteiger partial charge in [-0.05, 0) is 6.92 Å². The number of carboxylic acids is 1. The van der Waals surface area contributed by atoms with Gasteiger partial charge in [-0.25, -0.2) is 8.42 Å². The van der Waals surface area contributed by atoms with Crippen molar-refractivity contribution in [2.45, 2.75) is 19.4 Å². The van der Waals surface area contributed by atoms with Gasteiger partial charge in [0.25, 0.3) is 0 Å². The standard InChI is InChI=1S/C9H18N2O4S/c1-8(7-9(12)13)10-3-5-11(6-4-10)16(2,14)15/h8H,3-7H2,1-2H3,(H,12,13). The summed E-state index contributed by atoms with van der Waals surface area (Å²) >= 11 is 0. The number of aliphatic carboxylic acids is 1. The maximum atomic E-state index is 11.3. The van der Waals surface area contributed by atoms with E-state index in [9.17, 15) is 13.2 Å². The molecule has 6 nitrogen and oxygen atoms in total. The van der Waals surface area contributed by atoms with Crippen molar-refractivity contribution in [1.29, 1.82) is 0 Å². The molecule has 0 bridgehead atoms. The van der Waals surface area contributed by atoms with E-state index in [1.807, 2.05) is 11.8 Å². The van der Waals surface area contributed by atoms with Crippen molar-refractivity contribution in [3.05, 3.63) is 0 Å². The first-order chi connectivity index (χ1) is 7.30. The Kier molecular flexibility index (Phi) is 4.28. The van der Waals surface area contributed by atoms with Crippen molar-refractivity contribution in [3.8, 4) is 0 Å². The summed E-state index contributed by atoms with van der Waals surface area (Å²) in [5.74, 6) is -0.821. The summed E-state index contributed by atoms with van der Waals surface area (Å²) < 4.78 is 23.9. The number of nitrogens with zero attached hydrogens (tertiary/aromatic N) is 2. The van der Waals surface area contributed by atoms with Crippen LogP contribution in [0.1, 0.15) is 13.3 Å². The van der Waals surface area contributed by atoms with E-state index in [4.69, 9.17) is 5.11 Å². The Balaban J connectivity index is 2.46. The fourth-order valence-corrected chi connectivity index (χ4v) is 2.68. The van der Waals surface area contributed by atoms with E-state index in [0.717, 1.165) is 0 Å². The molecule has 1 aliphatic heterocycles. The molecule has 16 heavy (non-hydrogen) atoms. The van der Waals surface area contributed by atoms with E-state index in [1.165, 1.54) is 10.6 Å². The zero-order chi connectivity index (χ0) is 12.3. The molecule has 0 amide bonds. The number of sulfonamides is 1. The second-order valence-corrected chi connectivity index (χ2v) is 6.13. The smallest absolute Gasteiger partial charge is 0.304 e. The molecule has 1 atom stereocenters. The highest BCUT2D eigenvalue weighted by Crippen LogP contribution is 2.11. The van der Waals surface area contributed by atoms with Gasteiger partial charge < -0.3 is 5.11 Å². The number of hydrogen-bond donors (Lipinski definition) is 1. The third-order valence-electron chi connectivity index (χ3n) is 2.84. The van der Waals surface area contributed by atoms with Crippen molar-refractivity contribution in [1.82, 2.24) is 9.21 Å². The second kappa shape index (κ2) is 5.11. The van der Waals surface area contributed by atoms with Crippen LogP contribution in [0.3, 0.4) is 0 Å². The Morgan fingerprint density at radius 1 is 1.31 bits per heavy atom. The van der Waals surface area contributed by atoms with Crippen molar-refractivity contribution >= 4 is 16.0 Å². The van der Waals surface area contributed by atoms with Crippen molar-refractivity contribution < 1.29 is 18.3 Å². The fourth-order valence-electron chi connectivity index (χ4n) is 1.86. The lowest BCUT2D eigenvalue weighted by molar-refractivity contribution is -0.138. The van der Waals surface area contributed by atoms with Crippen LogP contribution in [0.5, 0.6) is 0 Å². The molecule has 1 unspecified atom stereocenters. The highest BCUT2D eigenvalue weighted by Gasteiger charge is 2.26. The Labute approximate surface area is 95.9 Å². The average Bonchev–Trinajstić information content (AvgIpc) is 2.15. The molecule has 0 aromatic heterocycles. The topological polar surface area (TPSA) is 77.9 Å². The van der Waals surface area contributed by atoms with Gasteiger partial charge in [-0.15, -0.1) is 0 Å². The molecule has 1 fully saturated rings. The van der Waals surface area contributed by atoms with Gasteiger partial charge in [-0.1, -0.05) is 0 Å². The second-order valence-electron chi connectivity index (χ2n) is 4.14. The first-order valence-electron chi connectivity index (χ1n) is 5.21. The molecule has 0 aromatic rings. The molecule has 94 valence electrons. The van der Waals surface area contributed by atoms with E-state index in [-0.39, 0.29) is 12.5 Å². The maximum Gasteiger partial charge on any atom is 0.304 e. The first kappa shape index (κ1) is 13.4. The summed E-state index contributed by atoms with van der Waals surface area (Å²) in [5.41, 5.74) is 0. The summed E-state index contributed by atoms with van der Waals surface area (Å²) in [4.78, 5) is 12.6. The van der Waals surface area contributed by atoms with Crippen LogP contribution in [0.25, 0.3) is 0 Å². The SMILES string of the molecule is CC(CC(=O)O)N1CCN(S(C)(=O)=O)CC1. The molecule has 1 rings (SSSR count). The van der Waals surface area contributed by atoms with E-state index in [0.29, 0.717) is 26.2 Å². The van der Waals surface area contributed by atoms with Gasteiger partial charge >= 0.3 is 5.97 Å². The highest BCUT2D eigenvalue weighted by molar-refractivity contribution is 7.88. The molecule has 0 spiro atoms. The average molecular weight is 250 g/mol. The zero-order valence-corrected chi connectivity index (χ0v) is 10.4. The molecule has 0 radical (unpaired) electrons. The van der Waals surface area contributed by atoms with E-state index < -0.39 is 16.0 Å². The molecule has 7 heteroatoms. The molecule has 1 heterocycles. The van der Waals surface area contributed by atoms with Crippen LogP contribution in [-0.2, 0) is 14.8 Å². The predicted molar refractivity (Wildman–Crippen MR) is 59.7 cm³/mol. The molecule has 1 saturated heterocycles. The first-order valence-corrected chi connectivity index (χ1v) is 7.06. The minimum Gasteiger partial charge on any atom is -0.481 e. The van der Waals surface area contributed by atoms with E-state index >= 15 is 0 Å². The van der Waals surface area contributed by atoms with Gasteiger partial charge in [0, 0.05) is 32.2 Å². The van der Waals surface area contributed by atoms with Crippen LogP contribution in [0.4, 0.5) is 0 Å². The molecule has 0 aromatic carbocycles. The lowest BCUT2D eigenvalue weighted by Crippen LogP contribution is -2.51. The number of carboxylic acid groups (broad SMARTS) is 1. The van der Waals surface area contributed by atoms with Crippen LogP contribution >= 0.6 is 0 Å². The van der Waals surface area contributed by atoms with Crippen molar-refractivity contribution in [2.75, 3.05) is 32.4 Å². The lowest BCUT2D eigenvalue weighted by atomic mass is 10.2. The summed E-state index contributed by atoms with van der Waals surface area (Å²) in [6, 6.07) is -0.0424. The number of piperazine rings is 1. The third kappa shape index (κ3) is 3.73. The van der Waals surface area contributed by atoms with Gasteiger partial charge in [0.05, 0.1) is 12.7 Å². The van der Waals surface area contributed by atoms with Crippen molar-refractivity contribution in [3.63, 3.8) is 0 Å². The largest absolute Gasteiger partial charge is 0.481 e. The van der Waals surface area contributed by atoms with Crippen molar-refractivity contribution in [2.24, 2.45) is 0 Å². The molecular weight excluding hydrogens is 232 g/mol. The van der Waals surface area contributed by atoms with Crippen LogP contribution in [0, 0.1) is 0 Å². The molecule has 0 aliphatic carbocycles. The van der Waals surface area contributed by atoms with Crippen LogP contribution in [0.2, 0.25) is 0 Å². The maximum absolute atomic E-state index is 11.3. The number of carbonyl (C=O) groups is 1. The quantitative estimate of drug-likeness (QED) is 0.722. The Hall–Kier alpha value is -0.660. The Morgan fingerprint density at radius 3 is 2.19 bits per heavy atom. The zero-order valence-electron chi connectivity index (χ0n) is 9.59. The van der Waals surface area contributed by atoms with Crippen LogP contribution in [-0.4, -0.2) is 67.2 Å². The van der Waals surface area contributed by atoms with Gasteiger partial charge in [0.15, 0.2) is 0 Å². The fraction of sp³-hybridized carbons (Fsp3) is 0.889. The third-order valence-corrected chi connectivity index (χ3v) is 4.14. The molecule has 1 aliphatic rings. The lowest BCUT2D eigenvalue weighted by Gasteiger charge is -2.36. The molecule has 0 saturated carbocycles. The summed E-state index contributed by atoms with van der Waals surface area (Å²) in [6.07, 6.45) is 1.29. The molecular formula is C9H18N2O4S. The summed E-state index contributed by atoms with van der Waals surface area (Å²) in [7, 11) is -3.11. The van der Waals surface area contributed by atoms with Gasteiger partial charge in [-0.3, -0.25) is 9.69 Å². The Morgan fingerprint density at radius 2 is 1.81 bits per heavy atom. The predicted octanol–water partition coefficient (Wildman–Crippen LogP) is -0.573. The Bertz CT molecular complexity index is 347. The highest BCUT2D eigenvalue weighted by atomic mass is 32.2. The monoisotopic (exact) mass is 250 g/mol. The van der Waals surface area contributed by atoms with Crippen LogP contribution < -0.4 is 0 Å². The minimum atomic E-state index is -3.11. The normalized spacial score (nSPS) is 21.9. The minimum absolute atomic E-state index is 0.0424. The molecule has 1 N–H and O–H groups in total. The summed E-state index contributed by atoms with van der Waals surface area (Å²) in [5, 5.41) is 8.66.